The smallest absolute Gasteiger partial charge is 0.137 e. The molecule has 0 saturated heterocycles. The fourth-order valence-corrected chi connectivity index (χ4v) is 1.78. The average molecular weight is 250 g/mol. The van der Waals surface area contributed by atoms with E-state index in [0.717, 1.165) is 30.0 Å². The van der Waals surface area contributed by atoms with Gasteiger partial charge in [0.1, 0.15) is 17.5 Å². The molecule has 2 rings (SSSR count). The maximum atomic E-state index is 9.46. The van der Waals surface area contributed by atoms with Crippen LogP contribution in [0.4, 0.5) is 11.6 Å². The second-order valence-electron chi connectivity index (χ2n) is 5.72. The SMILES string of the molecule is Cc1c(N)nc(C2CC2)nc1N(C)C(C)(C)CO. The van der Waals surface area contributed by atoms with E-state index in [4.69, 9.17) is 5.73 Å². The lowest BCUT2D eigenvalue weighted by atomic mass is 10.0. The van der Waals surface area contributed by atoms with E-state index in [1.54, 1.807) is 0 Å². The van der Waals surface area contributed by atoms with Crippen LogP contribution in [-0.2, 0) is 0 Å². The number of aliphatic hydroxyl groups is 1. The maximum Gasteiger partial charge on any atom is 0.137 e. The zero-order valence-electron chi connectivity index (χ0n) is 11.6. The number of nitrogens with zero attached hydrogens (tertiary/aromatic N) is 3. The minimum atomic E-state index is -0.369. The second-order valence-corrected chi connectivity index (χ2v) is 5.72. The average Bonchev–Trinajstić information content (AvgIpc) is 3.15. The minimum Gasteiger partial charge on any atom is -0.394 e. The van der Waals surface area contributed by atoms with Crippen LogP contribution < -0.4 is 10.6 Å². The molecule has 0 radical (unpaired) electrons. The summed E-state index contributed by atoms with van der Waals surface area (Å²) in [6, 6.07) is 0. The molecule has 5 heteroatoms. The van der Waals surface area contributed by atoms with Crippen LogP contribution in [0.25, 0.3) is 0 Å². The third-order valence-electron chi connectivity index (χ3n) is 3.73. The molecule has 0 amide bonds. The van der Waals surface area contributed by atoms with E-state index in [9.17, 15) is 5.11 Å². The van der Waals surface area contributed by atoms with Crippen molar-refractivity contribution in [1.29, 1.82) is 0 Å². The van der Waals surface area contributed by atoms with Crippen molar-refractivity contribution in [2.24, 2.45) is 0 Å². The molecular weight excluding hydrogens is 228 g/mol. The van der Waals surface area contributed by atoms with E-state index >= 15 is 0 Å². The highest BCUT2D eigenvalue weighted by atomic mass is 16.3. The van der Waals surface area contributed by atoms with Crippen LogP contribution in [0.15, 0.2) is 0 Å². The number of likely N-dealkylation sites (N-methyl/N-ethyl adjacent to an activating group) is 1. The first-order valence-corrected chi connectivity index (χ1v) is 6.35. The number of anilines is 2. The highest BCUT2D eigenvalue weighted by Crippen LogP contribution is 2.40. The quantitative estimate of drug-likeness (QED) is 0.846. The molecule has 1 aromatic rings. The first-order chi connectivity index (χ1) is 8.36. The van der Waals surface area contributed by atoms with Gasteiger partial charge in [-0.25, -0.2) is 9.97 Å². The van der Waals surface area contributed by atoms with Gasteiger partial charge in [0.25, 0.3) is 0 Å². The Kier molecular flexibility index (Phi) is 3.19. The Balaban J connectivity index is 2.42. The van der Waals surface area contributed by atoms with Gasteiger partial charge >= 0.3 is 0 Å². The first-order valence-electron chi connectivity index (χ1n) is 6.35. The summed E-state index contributed by atoms with van der Waals surface area (Å²) >= 11 is 0. The molecule has 5 nitrogen and oxygen atoms in total. The number of hydrogen-bond donors (Lipinski definition) is 2. The molecule has 1 aliphatic rings. The molecule has 0 bridgehead atoms. The van der Waals surface area contributed by atoms with Gasteiger partial charge in [0.05, 0.1) is 12.1 Å². The van der Waals surface area contributed by atoms with Crippen LogP contribution >= 0.6 is 0 Å². The lowest BCUT2D eigenvalue weighted by Crippen LogP contribution is -2.45. The summed E-state index contributed by atoms with van der Waals surface area (Å²) in [7, 11) is 1.93. The highest BCUT2D eigenvalue weighted by Gasteiger charge is 2.31. The van der Waals surface area contributed by atoms with Gasteiger partial charge in [0.2, 0.25) is 0 Å². The molecule has 100 valence electrons. The molecule has 0 aliphatic heterocycles. The molecule has 18 heavy (non-hydrogen) atoms. The van der Waals surface area contributed by atoms with Crippen molar-refractivity contribution in [3.8, 4) is 0 Å². The summed E-state index contributed by atoms with van der Waals surface area (Å²) in [5.41, 5.74) is 6.48. The fraction of sp³-hybridized carbons (Fsp3) is 0.692. The highest BCUT2D eigenvalue weighted by molar-refractivity contribution is 5.57. The molecule has 0 spiro atoms. The summed E-state index contributed by atoms with van der Waals surface area (Å²) in [5, 5.41) is 9.46. The molecule has 1 saturated carbocycles. The number of hydrogen-bond acceptors (Lipinski definition) is 5. The number of rotatable bonds is 4. The van der Waals surface area contributed by atoms with E-state index < -0.39 is 0 Å². The van der Waals surface area contributed by atoms with Gasteiger partial charge in [-0.1, -0.05) is 0 Å². The van der Waals surface area contributed by atoms with E-state index in [1.807, 2.05) is 32.7 Å². The monoisotopic (exact) mass is 250 g/mol. The zero-order valence-corrected chi connectivity index (χ0v) is 11.6. The molecule has 1 heterocycles. The predicted octanol–water partition coefficient (Wildman–Crippen LogP) is 1.45. The zero-order chi connectivity index (χ0) is 13.5. The van der Waals surface area contributed by atoms with E-state index in [-0.39, 0.29) is 12.1 Å². The molecule has 0 unspecified atom stereocenters. The van der Waals surface area contributed by atoms with Gasteiger partial charge in [-0.15, -0.1) is 0 Å². The Morgan fingerprint density at radius 1 is 1.39 bits per heavy atom. The Morgan fingerprint density at radius 2 is 2.00 bits per heavy atom. The summed E-state index contributed by atoms with van der Waals surface area (Å²) in [4.78, 5) is 11.0. The Morgan fingerprint density at radius 3 is 2.50 bits per heavy atom. The standard InChI is InChI=1S/C13H22N4O/c1-8-10(14)15-11(9-5-6-9)16-12(8)17(4)13(2,3)7-18/h9,18H,5-7H2,1-4H3,(H2,14,15,16). The van der Waals surface area contributed by atoms with Gasteiger partial charge in [0, 0.05) is 18.5 Å². The van der Waals surface area contributed by atoms with Crippen molar-refractivity contribution in [2.75, 3.05) is 24.3 Å². The van der Waals surface area contributed by atoms with Gasteiger partial charge in [-0.3, -0.25) is 0 Å². The number of nitrogen functional groups attached to an aromatic ring is 1. The van der Waals surface area contributed by atoms with Crippen LogP contribution in [0.1, 0.15) is 44.0 Å². The van der Waals surface area contributed by atoms with Gasteiger partial charge in [0.15, 0.2) is 0 Å². The third kappa shape index (κ3) is 2.27. The van der Waals surface area contributed by atoms with Crippen LogP contribution in [0.2, 0.25) is 0 Å². The van der Waals surface area contributed by atoms with E-state index in [0.29, 0.717) is 11.7 Å². The number of aliphatic hydroxyl groups excluding tert-OH is 1. The second kappa shape index (κ2) is 4.39. The van der Waals surface area contributed by atoms with Gasteiger partial charge in [-0.2, -0.15) is 0 Å². The van der Waals surface area contributed by atoms with Crippen molar-refractivity contribution in [3.63, 3.8) is 0 Å². The van der Waals surface area contributed by atoms with E-state index in [2.05, 4.69) is 9.97 Å². The molecule has 0 atom stereocenters. The Bertz CT molecular complexity index is 455. The Labute approximate surface area is 108 Å². The van der Waals surface area contributed by atoms with Crippen molar-refractivity contribution in [1.82, 2.24) is 9.97 Å². The third-order valence-corrected chi connectivity index (χ3v) is 3.73. The minimum absolute atomic E-state index is 0.0611. The Hall–Kier alpha value is -1.36. The first kappa shape index (κ1) is 13.1. The fourth-order valence-electron chi connectivity index (χ4n) is 1.78. The van der Waals surface area contributed by atoms with Crippen molar-refractivity contribution in [2.45, 2.75) is 45.1 Å². The maximum absolute atomic E-state index is 9.46. The summed E-state index contributed by atoms with van der Waals surface area (Å²) in [6.45, 7) is 5.93. The lowest BCUT2D eigenvalue weighted by molar-refractivity contribution is 0.215. The van der Waals surface area contributed by atoms with Crippen molar-refractivity contribution in [3.05, 3.63) is 11.4 Å². The number of aromatic nitrogens is 2. The molecule has 3 N–H and O–H groups in total. The summed E-state index contributed by atoms with van der Waals surface area (Å²) in [5.74, 6) is 2.68. The topological polar surface area (TPSA) is 75.3 Å². The number of nitrogens with two attached hydrogens (primary N) is 1. The molecular formula is C13H22N4O. The van der Waals surface area contributed by atoms with Gasteiger partial charge < -0.3 is 15.7 Å². The van der Waals surface area contributed by atoms with E-state index in [1.165, 1.54) is 0 Å². The van der Waals surface area contributed by atoms with Crippen LogP contribution in [0.5, 0.6) is 0 Å². The van der Waals surface area contributed by atoms with Crippen LogP contribution in [0.3, 0.4) is 0 Å². The van der Waals surface area contributed by atoms with Gasteiger partial charge in [-0.05, 0) is 33.6 Å². The van der Waals surface area contributed by atoms with Crippen LogP contribution in [-0.4, -0.2) is 34.3 Å². The largest absolute Gasteiger partial charge is 0.394 e. The molecule has 1 fully saturated rings. The van der Waals surface area contributed by atoms with Crippen molar-refractivity contribution < 1.29 is 5.11 Å². The lowest BCUT2D eigenvalue weighted by Gasteiger charge is -2.36. The van der Waals surface area contributed by atoms with Crippen LogP contribution in [0, 0.1) is 6.92 Å². The normalized spacial score (nSPS) is 15.8. The summed E-state index contributed by atoms with van der Waals surface area (Å²) < 4.78 is 0. The van der Waals surface area contributed by atoms with Crippen molar-refractivity contribution >= 4 is 11.6 Å². The molecule has 1 aliphatic carbocycles. The predicted molar refractivity (Wildman–Crippen MR) is 72.7 cm³/mol. The molecule has 1 aromatic heterocycles. The summed E-state index contributed by atoms with van der Waals surface area (Å²) in [6.07, 6.45) is 2.30. The molecule has 0 aromatic carbocycles.